The monoisotopic (exact) mass is 373 g/mol. The molecule has 0 amide bonds. The molecular formula is C15H14BrCl2NO. The Morgan fingerprint density at radius 1 is 1.15 bits per heavy atom. The molecule has 5 heteroatoms. The van der Waals surface area contributed by atoms with Crippen LogP contribution < -0.4 is 5.73 Å². The number of hydrogen-bond donors (Lipinski definition) is 2. The Balaban J connectivity index is 2.39. The third-order valence-corrected chi connectivity index (χ3v) is 4.19. The summed E-state index contributed by atoms with van der Waals surface area (Å²) < 4.78 is 0.814. The maximum Gasteiger partial charge on any atom is 0.0872 e. The molecular weight excluding hydrogens is 361 g/mol. The van der Waals surface area contributed by atoms with Crippen molar-refractivity contribution in [1.82, 2.24) is 0 Å². The molecule has 2 aromatic carbocycles. The first kappa shape index (κ1) is 15.8. The van der Waals surface area contributed by atoms with Gasteiger partial charge < -0.3 is 10.8 Å². The van der Waals surface area contributed by atoms with Crippen LogP contribution in [-0.2, 0) is 0 Å². The minimum atomic E-state index is -0.769. The molecule has 2 atom stereocenters. The second-order valence-electron chi connectivity index (χ2n) is 4.51. The quantitative estimate of drug-likeness (QED) is 0.825. The van der Waals surface area contributed by atoms with Gasteiger partial charge in [0, 0.05) is 27.0 Å². The Morgan fingerprint density at radius 2 is 1.85 bits per heavy atom. The van der Waals surface area contributed by atoms with Crippen molar-refractivity contribution in [2.24, 2.45) is 5.73 Å². The summed E-state index contributed by atoms with van der Waals surface area (Å²) in [5.41, 5.74) is 7.37. The number of aliphatic hydroxyl groups is 1. The summed E-state index contributed by atoms with van der Waals surface area (Å²) in [6.07, 6.45) is -0.769. The molecule has 0 aliphatic carbocycles. The van der Waals surface area contributed by atoms with E-state index in [-0.39, 0.29) is 12.5 Å². The first-order chi connectivity index (χ1) is 9.52. The van der Waals surface area contributed by atoms with E-state index in [9.17, 15) is 5.11 Å². The van der Waals surface area contributed by atoms with Crippen LogP contribution in [0.25, 0.3) is 0 Å². The van der Waals surface area contributed by atoms with E-state index in [1.54, 1.807) is 18.2 Å². The fraction of sp³-hybridized carbons (Fsp3) is 0.200. The number of nitrogens with two attached hydrogens (primary N) is 1. The SMILES string of the molecule is NCC(c1ccccc1Cl)C(O)c1cc(Cl)cc(Br)c1. The normalized spacial score (nSPS) is 14.1. The van der Waals surface area contributed by atoms with E-state index in [1.165, 1.54) is 0 Å². The third kappa shape index (κ3) is 3.54. The van der Waals surface area contributed by atoms with Crippen LogP contribution in [-0.4, -0.2) is 11.7 Å². The van der Waals surface area contributed by atoms with Crippen LogP contribution in [0, 0.1) is 0 Å². The first-order valence-corrected chi connectivity index (χ1v) is 7.66. The second-order valence-corrected chi connectivity index (χ2v) is 6.27. The third-order valence-electron chi connectivity index (χ3n) is 3.17. The summed E-state index contributed by atoms with van der Waals surface area (Å²) in [5, 5.41) is 11.7. The van der Waals surface area contributed by atoms with Crippen molar-refractivity contribution in [3.63, 3.8) is 0 Å². The molecule has 20 heavy (non-hydrogen) atoms. The van der Waals surface area contributed by atoms with Gasteiger partial charge in [-0.2, -0.15) is 0 Å². The van der Waals surface area contributed by atoms with Gasteiger partial charge in [-0.15, -0.1) is 0 Å². The van der Waals surface area contributed by atoms with Crippen LogP contribution in [0.1, 0.15) is 23.1 Å². The van der Waals surface area contributed by atoms with Crippen molar-refractivity contribution < 1.29 is 5.11 Å². The van der Waals surface area contributed by atoms with Crippen molar-refractivity contribution in [2.45, 2.75) is 12.0 Å². The average molecular weight is 375 g/mol. The van der Waals surface area contributed by atoms with Crippen molar-refractivity contribution in [2.75, 3.05) is 6.54 Å². The molecule has 0 bridgehead atoms. The first-order valence-electron chi connectivity index (χ1n) is 6.11. The Morgan fingerprint density at radius 3 is 2.45 bits per heavy atom. The highest BCUT2D eigenvalue weighted by Gasteiger charge is 2.23. The van der Waals surface area contributed by atoms with Gasteiger partial charge >= 0.3 is 0 Å². The summed E-state index contributed by atoms with van der Waals surface area (Å²) in [6, 6.07) is 12.7. The highest BCUT2D eigenvalue weighted by atomic mass is 79.9. The predicted molar refractivity (Wildman–Crippen MR) is 87.4 cm³/mol. The van der Waals surface area contributed by atoms with Gasteiger partial charge in [-0.3, -0.25) is 0 Å². The van der Waals surface area contributed by atoms with E-state index in [0.717, 1.165) is 10.0 Å². The summed E-state index contributed by atoms with van der Waals surface area (Å²) in [5.74, 6) is -0.283. The molecule has 2 unspecified atom stereocenters. The average Bonchev–Trinajstić information content (AvgIpc) is 2.40. The van der Waals surface area contributed by atoms with E-state index in [0.29, 0.717) is 15.6 Å². The summed E-state index contributed by atoms with van der Waals surface area (Å²) in [4.78, 5) is 0. The minimum Gasteiger partial charge on any atom is -0.388 e. The number of benzene rings is 2. The van der Waals surface area contributed by atoms with Crippen molar-refractivity contribution in [3.05, 3.63) is 68.1 Å². The molecule has 0 radical (unpaired) electrons. The summed E-state index contributed by atoms with van der Waals surface area (Å²) >= 11 is 15.6. The zero-order valence-corrected chi connectivity index (χ0v) is 13.7. The lowest BCUT2D eigenvalue weighted by Gasteiger charge is -2.23. The Labute approximate surface area is 136 Å². The fourth-order valence-corrected chi connectivity index (χ4v) is 3.34. The number of rotatable bonds is 4. The number of halogens is 3. The molecule has 0 spiro atoms. The summed E-state index contributed by atoms with van der Waals surface area (Å²) in [7, 11) is 0. The molecule has 0 aliphatic rings. The van der Waals surface area contributed by atoms with Gasteiger partial charge in [-0.25, -0.2) is 0 Å². The minimum absolute atomic E-state index is 0.283. The lowest BCUT2D eigenvalue weighted by molar-refractivity contribution is 0.147. The van der Waals surface area contributed by atoms with Crippen LogP contribution in [0.3, 0.4) is 0 Å². The van der Waals surface area contributed by atoms with Gasteiger partial charge in [0.15, 0.2) is 0 Å². The van der Waals surface area contributed by atoms with Gasteiger partial charge in [0.1, 0.15) is 0 Å². The molecule has 0 fully saturated rings. The van der Waals surface area contributed by atoms with Gasteiger partial charge in [0.25, 0.3) is 0 Å². The van der Waals surface area contributed by atoms with Gasteiger partial charge in [0.05, 0.1) is 6.10 Å². The maximum atomic E-state index is 10.6. The number of aliphatic hydroxyl groups excluding tert-OH is 1. The summed E-state index contributed by atoms with van der Waals surface area (Å²) in [6.45, 7) is 0.287. The second kappa shape index (κ2) is 6.92. The van der Waals surface area contributed by atoms with Crippen molar-refractivity contribution in [1.29, 1.82) is 0 Å². The highest BCUT2D eigenvalue weighted by Crippen LogP contribution is 2.35. The van der Waals surface area contributed by atoms with Crippen molar-refractivity contribution >= 4 is 39.1 Å². The lowest BCUT2D eigenvalue weighted by atomic mass is 9.89. The van der Waals surface area contributed by atoms with Gasteiger partial charge in [-0.1, -0.05) is 57.3 Å². The van der Waals surface area contributed by atoms with Gasteiger partial charge in [-0.05, 0) is 35.4 Å². The molecule has 0 saturated heterocycles. The van der Waals surface area contributed by atoms with Crippen LogP contribution in [0.4, 0.5) is 0 Å². The molecule has 3 N–H and O–H groups in total. The maximum absolute atomic E-state index is 10.6. The Kier molecular flexibility index (Phi) is 5.47. The molecule has 0 heterocycles. The smallest absolute Gasteiger partial charge is 0.0872 e. The number of hydrogen-bond acceptors (Lipinski definition) is 2. The van der Waals surface area contributed by atoms with Gasteiger partial charge in [0.2, 0.25) is 0 Å². The van der Waals surface area contributed by atoms with Crippen LogP contribution in [0.15, 0.2) is 46.9 Å². The fourth-order valence-electron chi connectivity index (χ4n) is 2.18. The zero-order valence-electron chi connectivity index (χ0n) is 10.6. The Bertz CT molecular complexity index is 586. The topological polar surface area (TPSA) is 46.2 Å². The van der Waals surface area contributed by atoms with E-state index < -0.39 is 6.10 Å². The van der Waals surface area contributed by atoms with E-state index in [1.807, 2.05) is 24.3 Å². The van der Waals surface area contributed by atoms with E-state index in [2.05, 4.69) is 15.9 Å². The van der Waals surface area contributed by atoms with Crippen LogP contribution >= 0.6 is 39.1 Å². The lowest BCUT2D eigenvalue weighted by Crippen LogP contribution is -2.20. The molecule has 0 saturated carbocycles. The molecule has 0 aromatic heterocycles. The molecule has 2 nitrogen and oxygen atoms in total. The standard InChI is InChI=1S/C15H14BrCl2NO/c16-10-5-9(6-11(17)7-10)15(20)13(8-19)12-3-1-2-4-14(12)18/h1-7,13,15,20H,8,19H2. The Hall–Kier alpha value is -0.580. The molecule has 2 aromatic rings. The molecule has 106 valence electrons. The largest absolute Gasteiger partial charge is 0.388 e. The predicted octanol–water partition coefficient (Wildman–Crippen LogP) is 4.53. The van der Waals surface area contributed by atoms with E-state index in [4.69, 9.17) is 28.9 Å². The highest BCUT2D eigenvalue weighted by molar-refractivity contribution is 9.10. The van der Waals surface area contributed by atoms with Crippen LogP contribution in [0.5, 0.6) is 0 Å². The van der Waals surface area contributed by atoms with Crippen molar-refractivity contribution in [3.8, 4) is 0 Å². The van der Waals surface area contributed by atoms with E-state index >= 15 is 0 Å². The molecule has 2 rings (SSSR count). The zero-order chi connectivity index (χ0) is 14.7. The van der Waals surface area contributed by atoms with Crippen LogP contribution in [0.2, 0.25) is 10.0 Å². The molecule has 0 aliphatic heterocycles.